The van der Waals surface area contributed by atoms with E-state index in [0.717, 1.165) is 0 Å². The van der Waals surface area contributed by atoms with Crippen LogP contribution in [0.15, 0.2) is 0 Å². The molecule has 2 heterocycles. The Balaban J connectivity index is 1.85. The Kier molecular flexibility index (Phi) is 0.461. The highest BCUT2D eigenvalue weighted by Gasteiger charge is 2.56. The Morgan fingerprint density at radius 3 is 1.50 bits per heavy atom. The van der Waals surface area contributed by atoms with Gasteiger partial charge in [0.1, 0.15) is 0 Å². The molecular weight excluding hydrogens is 104 g/mol. The van der Waals surface area contributed by atoms with Gasteiger partial charge < -0.3 is 9.47 Å². The summed E-state index contributed by atoms with van der Waals surface area (Å²) in [5, 5.41) is 0. The molecule has 0 amide bonds. The highest BCUT2D eigenvalue weighted by molar-refractivity contribution is 5.03. The van der Waals surface area contributed by atoms with Crippen molar-refractivity contribution in [2.45, 2.75) is 37.3 Å². The van der Waals surface area contributed by atoms with E-state index in [1.54, 1.807) is 0 Å². The van der Waals surface area contributed by atoms with Crippen molar-refractivity contribution in [3.05, 3.63) is 0 Å². The highest BCUT2D eigenvalue weighted by atomic mass is 16.6. The van der Waals surface area contributed by atoms with Gasteiger partial charge in [-0.1, -0.05) is 0 Å². The molecule has 1 saturated carbocycles. The van der Waals surface area contributed by atoms with Gasteiger partial charge in [-0.3, -0.25) is 0 Å². The van der Waals surface area contributed by atoms with Crippen molar-refractivity contribution in [2.75, 3.05) is 0 Å². The lowest BCUT2D eigenvalue weighted by Crippen LogP contribution is -2.10. The lowest BCUT2D eigenvalue weighted by molar-refractivity contribution is 0.295. The molecule has 2 unspecified atom stereocenters. The molecule has 2 saturated heterocycles. The molecule has 0 radical (unpaired) electrons. The van der Waals surface area contributed by atoms with Crippen LogP contribution in [0.5, 0.6) is 0 Å². The normalized spacial score (nSPS) is 66.0. The van der Waals surface area contributed by atoms with Crippen LogP contribution in [0.25, 0.3) is 0 Å². The average molecular weight is 112 g/mol. The van der Waals surface area contributed by atoms with E-state index in [0.29, 0.717) is 24.4 Å². The maximum absolute atomic E-state index is 5.30. The van der Waals surface area contributed by atoms with Crippen molar-refractivity contribution < 1.29 is 9.47 Å². The first kappa shape index (κ1) is 3.85. The molecule has 3 aliphatic rings. The SMILES string of the molecule is C1C2OC2C[C@H]2O[C@@H]12. The summed E-state index contributed by atoms with van der Waals surface area (Å²) < 4.78 is 10.6. The van der Waals surface area contributed by atoms with Crippen molar-refractivity contribution in [3.8, 4) is 0 Å². The summed E-state index contributed by atoms with van der Waals surface area (Å²) >= 11 is 0. The number of ether oxygens (including phenoxy) is 2. The van der Waals surface area contributed by atoms with Gasteiger partial charge in [0.15, 0.2) is 0 Å². The molecule has 1 aliphatic carbocycles. The number of epoxide rings is 2. The van der Waals surface area contributed by atoms with E-state index < -0.39 is 0 Å². The number of hydrogen-bond acceptors (Lipinski definition) is 2. The fraction of sp³-hybridized carbons (Fsp3) is 1.00. The third-order valence-electron chi connectivity index (χ3n) is 2.30. The fourth-order valence-electron chi connectivity index (χ4n) is 1.65. The summed E-state index contributed by atoms with van der Waals surface area (Å²) in [6, 6.07) is 0. The summed E-state index contributed by atoms with van der Waals surface area (Å²) in [5.74, 6) is 0. The maximum Gasteiger partial charge on any atom is 0.0868 e. The summed E-state index contributed by atoms with van der Waals surface area (Å²) in [5.41, 5.74) is 0. The molecule has 2 aliphatic heterocycles. The van der Waals surface area contributed by atoms with Gasteiger partial charge in [-0.25, -0.2) is 0 Å². The molecule has 0 aromatic heterocycles. The summed E-state index contributed by atoms with van der Waals surface area (Å²) in [6.45, 7) is 0. The highest BCUT2D eigenvalue weighted by Crippen LogP contribution is 2.46. The summed E-state index contributed by atoms with van der Waals surface area (Å²) in [7, 11) is 0. The fourth-order valence-corrected chi connectivity index (χ4v) is 1.65. The number of rotatable bonds is 0. The van der Waals surface area contributed by atoms with Crippen molar-refractivity contribution in [3.63, 3.8) is 0 Å². The van der Waals surface area contributed by atoms with Crippen LogP contribution < -0.4 is 0 Å². The zero-order valence-electron chi connectivity index (χ0n) is 4.54. The second kappa shape index (κ2) is 0.957. The minimum atomic E-state index is 0.596. The Bertz CT molecular complexity index is 106. The minimum absolute atomic E-state index is 0.596. The van der Waals surface area contributed by atoms with E-state index in [9.17, 15) is 0 Å². The second-order valence-corrected chi connectivity index (χ2v) is 2.90. The van der Waals surface area contributed by atoms with Crippen molar-refractivity contribution in [1.82, 2.24) is 0 Å². The Hall–Kier alpha value is -0.0800. The maximum atomic E-state index is 5.30. The zero-order chi connectivity index (χ0) is 5.14. The lowest BCUT2D eigenvalue weighted by Gasteiger charge is -1.94. The van der Waals surface area contributed by atoms with Crippen LogP contribution >= 0.6 is 0 Å². The van der Waals surface area contributed by atoms with Crippen molar-refractivity contribution in [1.29, 1.82) is 0 Å². The molecular formula is C6H8O2. The Morgan fingerprint density at radius 2 is 1.12 bits per heavy atom. The van der Waals surface area contributed by atoms with Gasteiger partial charge in [-0.05, 0) is 0 Å². The molecule has 0 aromatic rings. The van der Waals surface area contributed by atoms with E-state index in [4.69, 9.17) is 9.47 Å². The first-order valence-corrected chi connectivity index (χ1v) is 3.24. The molecule has 2 nitrogen and oxygen atoms in total. The van der Waals surface area contributed by atoms with E-state index >= 15 is 0 Å². The minimum Gasteiger partial charge on any atom is -0.369 e. The van der Waals surface area contributed by atoms with Crippen LogP contribution in [0.3, 0.4) is 0 Å². The molecule has 0 spiro atoms. The van der Waals surface area contributed by atoms with Gasteiger partial charge in [0.05, 0.1) is 24.4 Å². The van der Waals surface area contributed by atoms with E-state index in [1.165, 1.54) is 12.8 Å². The zero-order valence-corrected chi connectivity index (χ0v) is 4.54. The third-order valence-corrected chi connectivity index (χ3v) is 2.30. The molecule has 0 bridgehead atoms. The van der Waals surface area contributed by atoms with Crippen LogP contribution in [0.4, 0.5) is 0 Å². The molecule has 3 rings (SSSR count). The molecule has 2 heteroatoms. The van der Waals surface area contributed by atoms with E-state index in [-0.39, 0.29) is 0 Å². The molecule has 3 fully saturated rings. The molecule has 0 N–H and O–H groups in total. The summed E-state index contributed by atoms with van der Waals surface area (Å²) in [6.07, 6.45) is 4.74. The lowest BCUT2D eigenvalue weighted by atomic mass is 10.0. The van der Waals surface area contributed by atoms with Crippen molar-refractivity contribution in [2.24, 2.45) is 0 Å². The van der Waals surface area contributed by atoms with E-state index in [1.807, 2.05) is 0 Å². The first-order chi connectivity index (χ1) is 3.93. The second-order valence-electron chi connectivity index (χ2n) is 2.90. The van der Waals surface area contributed by atoms with Crippen LogP contribution in [0.2, 0.25) is 0 Å². The van der Waals surface area contributed by atoms with Crippen LogP contribution in [0, 0.1) is 0 Å². The molecule has 0 aromatic carbocycles. The van der Waals surface area contributed by atoms with Gasteiger partial charge in [-0.15, -0.1) is 0 Å². The molecule has 4 atom stereocenters. The summed E-state index contributed by atoms with van der Waals surface area (Å²) in [4.78, 5) is 0. The van der Waals surface area contributed by atoms with Gasteiger partial charge in [-0.2, -0.15) is 0 Å². The largest absolute Gasteiger partial charge is 0.369 e. The number of fused-ring (bicyclic) bond motifs is 2. The average Bonchev–Trinajstić information content (AvgIpc) is 2.45. The standard InChI is InChI=1S/C6H8O2/c1-3-5(7-3)2-6-4(1)8-6/h3-6H,1-2H2/t3-,4?,5+,6?. The monoisotopic (exact) mass is 112 g/mol. The first-order valence-electron chi connectivity index (χ1n) is 3.24. The quantitative estimate of drug-likeness (QED) is 0.421. The molecule has 8 heavy (non-hydrogen) atoms. The smallest absolute Gasteiger partial charge is 0.0868 e. The van der Waals surface area contributed by atoms with Gasteiger partial charge >= 0.3 is 0 Å². The van der Waals surface area contributed by atoms with Crippen molar-refractivity contribution >= 4 is 0 Å². The predicted molar refractivity (Wildman–Crippen MR) is 26.6 cm³/mol. The van der Waals surface area contributed by atoms with E-state index in [2.05, 4.69) is 0 Å². The van der Waals surface area contributed by atoms with Crippen LogP contribution in [-0.4, -0.2) is 24.4 Å². The molecule has 44 valence electrons. The van der Waals surface area contributed by atoms with Crippen LogP contribution in [0.1, 0.15) is 12.8 Å². The van der Waals surface area contributed by atoms with Gasteiger partial charge in [0.25, 0.3) is 0 Å². The predicted octanol–water partition coefficient (Wildman–Crippen LogP) is 0.315. The van der Waals surface area contributed by atoms with Crippen LogP contribution in [-0.2, 0) is 9.47 Å². The Morgan fingerprint density at radius 1 is 0.750 bits per heavy atom. The topological polar surface area (TPSA) is 25.1 Å². The Labute approximate surface area is 47.8 Å². The van der Waals surface area contributed by atoms with Gasteiger partial charge in [0, 0.05) is 12.8 Å². The third kappa shape index (κ3) is 0.361. The van der Waals surface area contributed by atoms with Gasteiger partial charge in [0.2, 0.25) is 0 Å². The number of hydrogen-bond donors (Lipinski definition) is 0.